The first kappa shape index (κ1) is 34.7. The minimum atomic E-state index is -1.73. The maximum atomic E-state index is 13.0. The highest BCUT2D eigenvalue weighted by molar-refractivity contribution is 5.86. The van der Waals surface area contributed by atoms with Gasteiger partial charge in [-0.2, -0.15) is 0 Å². The maximum absolute atomic E-state index is 13.0. The second kappa shape index (κ2) is 14.1. The second-order valence-electron chi connectivity index (χ2n) is 12.1. The Labute approximate surface area is 248 Å². The number of nitrogens with one attached hydrogen (secondary N) is 2. The van der Waals surface area contributed by atoms with E-state index in [1.54, 1.807) is 0 Å². The maximum Gasteiger partial charge on any atom is 0.252 e. The Hall–Kier alpha value is -1.17. The molecule has 2 saturated heterocycles. The van der Waals surface area contributed by atoms with E-state index >= 15 is 0 Å². The Morgan fingerprint density at radius 1 is 0.860 bits per heavy atom. The van der Waals surface area contributed by atoms with Crippen molar-refractivity contribution in [2.24, 2.45) is 22.9 Å². The third-order valence-corrected chi connectivity index (χ3v) is 8.82. The summed E-state index contributed by atoms with van der Waals surface area (Å²) in [6.07, 6.45) is -15.2. The van der Waals surface area contributed by atoms with Crippen LogP contribution < -0.4 is 33.6 Å². The molecule has 0 aromatic carbocycles. The van der Waals surface area contributed by atoms with Crippen LogP contribution in [0.4, 0.5) is 0 Å². The topological polar surface area (TPSA) is 324 Å². The van der Waals surface area contributed by atoms with Gasteiger partial charge in [0.05, 0.1) is 24.7 Å². The highest BCUT2D eigenvalue weighted by atomic mass is 16.7. The summed E-state index contributed by atoms with van der Waals surface area (Å²) in [6, 6.07) is -4.91. The molecule has 1 unspecified atom stereocenters. The van der Waals surface area contributed by atoms with Gasteiger partial charge in [-0.05, 0) is 13.0 Å². The van der Waals surface area contributed by atoms with Crippen LogP contribution >= 0.6 is 0 Å². The Morgan fingerprint density at radius 2 is 1.49 bits per heavy atom. The molecule has 18 nitrogen and oxygen atoms in total. The fourth-order valence-corrected chi connectivity index (χ4v) is 6.10. The van der Waals surface area contributed by atoms with Gasteiger partial charge in [-0.15, -0.1) is 0 Å². The summed E-state index contributed by atoms with van der Waals surface area (Å²) in [4.78, 5) is 13.0. The van der Waals surface area contributed by atoms with E-state index in [0.29, 0.717) is 6.54 Å². The number of likely N-dealkylation sites (N-methyl/N-ethyl adjacent to an activating group) is 1. The number of rotatable bonds is 10. The summed E-state index contributed by atoms with van der Waals surface area (Å²) in [5.41, 5.74) is 22.4. The van der Waals surface area contributed by atoms with Crippen molar-refractivity contribution in [1.29, 1.82) is 0 Å². The quantitative estimate of drug-likeness (QED) is 0.107. The summed E-state index contributed by atoms with van der Waals surface area (Å²) in [6.45, 7) is 1.92. The third kappa shape index (κ3) is 7.14. The molecule has 4 aliphatic rings. The smallest absolute Gasteiger partial charge is 0.252 e. The normalized spacial score (nSPS) is 50.6. The summed E-state index contributed by atoms with van der Waals surface area (Å²) >= 11 is 0. The average molecular weight is 625 g/mol. The molecule has 2 heterocycles. The minimum absolute atomic E-state index is 0.0198. The summed E-state index contributed by atoms with van der Waals surface area (Å²) in [5, 5.41) is 79.4. The number of hydrogen-bond donors (Lipinski definition) is 13. The standard InChI is InChI=1S/C25H48N6O12/c1-2-30-6-11-16(34)17(35)14(29)22(40-11)42-20-9(27)3-10(31-24(38)25(39)4-8(26)5-25)21(19(20)37)43-23-18(36)13(28)15(33)12(7-32)41-23/h8-23,30,32-37,39H,2-7,26-29H2,1H3,(H,31,38)/t8?,9-,10+,11+,12+,13-,14+,15+,16+,17+,18+,19-,20?,21-,22+,23+,25?/m0/s1. The van der Waals surface area contributed by atoms with Gasteiger partial charge in [0.15, 0.2) is 12.6 Å². The van der Waals surface area contributed by atoms with E-state index in [2.05, 4.69) is 10.6 Å². The molecular formula is C25H48N6O12. The molecule has 4 fully saturated rings. The molecular weight excluding hydrogens is 576 g/mol. The lowest BCUT2D eigenvalue weighted by atomic mass is 9.75. The van der Waals surface area contributed by atoms with Gasteiger partial charge in [-0.3, -0.25) is 4.79 Å². The number of nitrogens with two attached hydrogens (primary N) is 4. The number of carbonyl (C=O) groups excluding carboxylic acids is 1. The van der Waals surface area contributed by atoms with E-state index in [0.717, 1.165) is 0 Å². The SMILES string of the molecule is CCNC[C@H]1O[C@H](OC2[C@@H](N)C[C@@H](NC(=O)C3(O)CC(N)C3)[C@H](O[C@H]3O[C@H](CO)[C@@H](O)[C@H](N)[C@H]3O)[C@H]2O)[C@H](N)[C@@H](O)[C@@H]1O. The van der Waals surface area contributed by atoms with Crippen molar-refractivity contribution in [3.8, 4) is 0 Å². The molecule has 1 amide bonds. The zero-order valence-electron chi connectivity index (χ0n) is 24.0. The van der Waals surface area contributed by atoms with Crippen molar-refractivity contribution in [3.05, 3.63) is 0 Å². The first-order chi connectivity index (χ1) is 20.2. The zero-order valence-corrected chi connectivity index (χ0v) is 24.0. The molecule has 18 heteroatoms. The third-order valence-electron chi connectivity index (χ3n) is 8.82. The number of aliphatic hydroxyl groups is 7. The Bertz CT molecular complexity index is 933. The zero-order chi connectivity index (χ0) is 31.8. The Balaban J connectivity index is 1.55. The molecule has 250 valence electrons. The lowest BCUT2D eigenvalue weighted by Crippen LogP contribution is -2.71. The lowest BCUT2D eigenvalue weighted by Gasteiger charge is -2.49. The van der Waals surface area contributed by atoms with E-state index in [-0.39, 0.29) is 31.8 Å². The number of ether oxygens (including phenoxy) is 4. The Kier molecular flexibility index (Phi) is 11.4. The van der Waals surface area contributed by atoms with Crippen LogP contribution in [0.25, 0.3) is 0 Å². The molecule has 43 heavy (non-hydrogen) atoms. The van der Waals surface area contributed by atoms with Crippen molar-refractivity contribution in [1.82, 2.24) is 10.6 Å². The number of carbonyl (C=O) groups is 1. The van der Waals surface area contributed by atoms with Crippen molar-refractivity contribution < 1.29 is 59.5 Å². The first-order valence-electron chi connectivity index (χ1n) is 14.6. The molecule has 4 rings (SSSR count). The van der Waals surface area contributed by atoms with Crippen LogP contribution in [0.5, 0.6) is 0 Å². The van der Waals surface area contributed by atoms with Gasteiger partial charge in [-0.25, -0.2) is 0 Å². The van der Waals surface area contributed by atoms with Crippen LogP contribution in [0.3, 0.4) is 0 Å². The van der Waals surface area contributed by atoms with Gasteiger partial charge in [0, 0.05) is 31.5 Å². The molecule has 0 bridgehead atoms. The van der Waals surface area contributed by atoms with E-state index in [9.17, 15) is 40.5 Å². The highest BCUT2D eigenvalue weighted by Crippen LogP contribution is 2.34. The van der Waals surface area contributed by atoms with Crippen LogP contribution in [0.1, 0.15) is 26.2 Å². The van der Waals surface area contributed by atoms with E-state index < -0.39 is 110 Å². The van der Waals surface area contributed by atoms with Crippen LogP contribution in [0.15, 0.2) is 0 Å². The van der Waals surface area contributed by atoms with E-state index in [1.807, 2.05) is 6.92 Å². The first-order valence-corrected chi connectivity index (χ1v) is 14.6. The van der Waals surface area contributed by atoms with Crippen molar-refractivity contribution in [2.45, 2.75) is 130 Å². The van der Waals surface area contributed by atoms with Gasteiger partial charge >= 0.3 is 0 Å². The molecule has 0 radical (unpaired) electrons. The van der Waals surface area contributed by atoms with Crippen LogP contribution in [-0.4, -0.2) is 165 Å². The Morgan fingerprint density at radius 3 is 2.09 bits per heavy atom. The molecule has 0 aromatic heterocycles. The lowest BCUT2D eigenvalue weighted by molar-refractivity contribution is -0.320. The second-order valence-corrected chi connectivity index (χ2v) is 12.1. The number of aliphatic hydroxyl groups excluding tert-OH is 6. The monoisotopic (exact) mass is 624 g/mol. The van der Waals surface area contributed by atoms with Gasteiger partial charge in [-0.1, -0.05) is 6.92 Å². The van der Waals surface area contributed by atoms with Gasteiger partial charge < -0.3 is 88.3 Å². The summed E-state index contributed by atoms with van der Waals surface area (Å²) < 4.78 is 23.3. The fraction of sp³-hybridized carbons (Fsp3) is 0.960. The molecule has 17 N–H and O–H groups in total. The molecule has 15 atom stereocenters. The van der Waals surface area contributed by atoms with Crippen molar-refractivity contribution in [2.75, 3.05) is 19.7 Å². The molecule has 2 aliphatic heterocycles. The predicted molar refractivity (Wildman–Crippen MR) is 145 cm³/mol. The van der Waals surface area contributed by atoms with E-state index in [1.165, 1.54) is 0 Å². The fourth-order valence-electron chi connectivity index (χ4n) is 6.10. The average Bonchev–Trinajstić information content (AvgIpc) is 2.95. The number of amides is 1. The predicted octanol–water partition coefficient (Wildman–Crippen LogP) is -7.66. The largest absolute Gasteiger partial charge is 0.394 e. The van der Waals surface area contributed by atoms with Gasteiger partial charge in [0.25, 0.3) is 5.91 Å². The molecule has 2 aliphatic carbocycles. The summed E-state index contributed by atoms with van der Waals surface area (Å²) in [5.74, 6) is -0.766. The van der Waals surface area contributed by atoms with E-state index in [4.69, 9.17) is 41.9 Å². The number of hydrogen-bond acceptors (Lipinski definition) is 17. The van der Waals surface area contributed by atoms with Crippen molar-refractivity contribution in [3.63, 3.8) is 0 Å². The molecule has 0 spiro atoms. The van der Waals surface area contributed by atoms with Crippen LogP contribution in [-0.2, 0) is 23.7 Å². The summed E-state index contributed by atoms with van der Waals surface area (Å²) in [7, 11) is 0. The van der Waals surface area contributed by atoms with Crippen LogP contribution in [0, 0.1) is 0 Å². The molecule has 0 aromatic rings. The van der Waals surface area contributed by atoms with Crippen molar-refractivity contribution >= 4 is 5.91 Å². The highest BCUT2D eigenvalue weighted by Gasteiger charge is 2.54. The van der Waals surface area contributed by atoms with Gasteiger partial charge in [0.1, 0.15) is 60.5 Å². The molecule has 2 saturated carbocycles. The van der Waals surface area contributed by atoms with Crippen LogP contribution in [0.2, 0.25) is 0 Å². The van der Waals surface area contributed by atoms with Gasteiger partial charge in [0.2, 0.25) is 0 Å². The minimum Gasteiger partial charge on any atom is -0.394 e.